The van der Waals surface area contributed by atoms with Crippen LogP contribution in [0.5, 0.6) is 5.75 Å². The third-order valence-electron chi connectivity index (χ3n) is 2.03. The first-order valence-corrected chi connectivity index (χ1v) is 4.45. The molecule has 1 aromatic heterocycles. The Balaban J connectivity index is 2.21. The summed E-state index contributed by atoms with van der Waals surface area (Å²) in [6, 6.07) is 2.98. The average molecular weight is 194 g/mol. The molecular weight excluding hydrogens is 184 g/mol. The molecule has 0 saturated heterocycles. The number of hydrogen-bond acceptors (Lipinski definition) is 4. The fourth-order valence-electron chi connectivity index (χ4n) is 1.13. The Hall–Kier alpha value is -1.65. The Kier molecular flexibility index (Phi) is 2.07. The van der Waals surface area contributed by atoms with E-state index in [-0.39, 0.29) is 11.9 Å². The van der Waals surface area contributed by atoms with Crippen molar-refractivity contribution in [1.29, 1.82) is 0 Å². The lowest BCUT2D eigenvalue weighted by atomic mass is 10.3. The van der Waals surface area contributed by atoms with Gasteiger partial charge in [0.15, 0.2) is 11.4 Å². The number of hydrogen-bond donors (Lipinski definition) is 0. The number of aromatic nitrogens is 1. The lowest BCUT2D eigenvalue weighted by molar-refractivity contribution is -0.389. The number of nitro groups is 1. The molecule has 1 aliphatic carbocycles. The van der Waals surface area contributed by atoms with Crippen LogP contribution in [0.1, 0.15) is 18.5 Å². The lowest BCUT2D eigenvalue weighted by Gasteiger charge is -2.03. The molecule has 0 N–H and O–H groups in total. The van der Waals surface area contributed by atoms with Crippen molar-refractivity contribution in [3.8, 4) is 5.75 Å². The van der Waals surface area contributed by atoms with Crippen LogP contribution in [-0.2, 0) is 0 Å². The van der Waals surface area contributed by atoms with Crippen LogP contribution < -0.4 is 4.74 Å². The molecule has 5 heteroatoms. The van der Waals surface area contributed by atoms with Gasteiger partial charge in [-0.2, -0.15) is 0 Å². The maximum atomic E-state index is 10.4. The third-order valence-corrected chi connectivity index (χ3v) is 2.03. The third kappa shape index (κ3) is 1.81. The zero-order chi connectivity index (χ0) is 10.1. The van der Waals surface area contributed by atoms with Gasteiger partial charge in [0.1, 0.15) is 0 Å². The molecule has 0 unspecified atom stereocenters. The molecule has 0 bridgehead atoms. The highest BCUT2D eigenvalue weighted by Gasteiger charge is 2.25. The molecule has 1 saturated carbocycles. The lowest BCUT2D eigenvalue weighted by Crippen LogP contribution is -2.01. The molecule has 0 amide bonds. The van der Waals surface area contributed by atoms with E-state index in [1.165, 1.54) is 6.07 Å². The minimum atomic E-state index is -0.506. The monoisotopic (exact) mass is 194 g/mol. The molecule has 74 valence electrons. The maximum Gasteiger partial charge on any atom is 0.363 e. The van der Waals surface area contributed by atoms with Crippen molar-refractivity contribution in [1.82, 2.24) is 4.98 Å². The van der Waals surface area contributed by atoms with Crippen molar-refractivity contribution in [2.24, 2.45) is 0 Å². The van der Waals surface area contributed by atoms with E-state index in [1.807, 2.05) is 0 Å². The van der Waals surface area contributed by atoms with Crippen LogP contribution in [0.25, 0.3) is 0 Å². The molecule has 0 radical (unpaired) electrons. The van der Waals surface area contributed by atoms with Crippen LogP contribution in [0, 0.1) is 17.0 Å². The Morgan fingerprint density at radius 1 is 1.57 bits per heavy atom. The zero-order valence-electron chi connectivity index (χ0n) is 7.77. The van der Waals surface area contributed by atoms with Crippen molar-refractivity contribution in [3.63, 3.8) is 0 Å². The summed E-state index contributed by atoms with van der Waals surface area (Å²) in [6.07, 6.45) is 2.42. The zero-order valence-corrected chi connectivity index (χ0v) is 7.77. The summed E-state index contributed by atoms with van der Waals surface area (Å²) in [5.74, 6) is 0.517. The smallest absolute Gasteiger partial charge is 0.363 e. The van der Waals surface area contributed by atoms with Crippen LogP contribution in [0.3, 0.4) is 0 Å². The standard InChI is InChI=1S/C9H10N2O3/c1-6-8(14-7-2-3-7)4-5-9(10-6)11(12)13/h4-5,7H,2-3H2,1H3. The van der Waals surface area contributed by atoms with E-state index < -0.39 is 4.92 Å². The van der Waals surface area contributed by atoms with Gasteiger partial charge in [-0.25, -0.2) is 0 Å². The molecule has 0 atom stereocenters. The first-order valence-electron chi connectivity index (χ1n) is 4.45. The Bertz CT molecular complexity index is 374. The highest BCUT2D eigenvalue weighted by molar-refractivity contribution is 5.33. The summed E-state index contributed by atoms with van der Waals surface area (Å²) in [6.45, 7) is 1.71. The van der Waals surface area contributed by atoms with Gasteiger partial charge < -0.3 is 14.9 Å². The molecule has 1 aromatic rings. The predicted molar refractivity (Wildman–Crippen MR) is 49.3 cm³/mol. The number of rotatable bonds is 3. The largest absolute Gasteiger partial charge is 0.486 e. The van der Waals surface area contributed by atoms with E-state index >= 15 is 0 Å². The fourth-order valence-corrected chi connectivity index (χ4v) is 1.13. The molecule has 2 rings (SSSR count). The van der Waals surface area contributed by atoms with Gasteiger partial charge in [-0.3, -0.25) is 0 Å². The molecule has 1 aliphatic rings. The topological polar surface area (TPSA) is 65.3 Å². The fraction of sp³-hybridized carbons (Fsp3) is 0.444. The molecule has 0 spiro atoms. The highest BCUT2D eigenvalue weighted by atomic mass is 16.6. The van der Waals surface area contributed by atoms with Crippen molar-refractivity contribution in [2.75, 3.05) is 0 Å². The minimum absolute atomic E-state index is 0.134. The summed E-state index contributed by atoms with van der Waals surface area (Å²) in [5, 5.41) is 10.4. The van der Waals surface area contributed by atoms with Crippen molar-refractivity contribution < 1.29 is 9.66 Å². The van der Waals surface area contributed by atoms with Gasteiger partial charge in [-0.1, -0.05) is 0 Å². The molecular formula is C9H10N2O3. The summed E-state index contributed by atoms with van der Waals surface area (Å²) in [7, 11) is 0. The second-order valence-electron chi connectivity index (χ2n) is 3.33. The second kappa shape index (κ2) is 3.25. The van der Waals surface area contributed by atoms with Gasteiger partial charge >= 0.3 is 5.82 Å². The van der Waals surface area contributed by atoms with Crippen molar-refractivity contribution in [2.45, 2.75) is 25.9 Å². The summed E-state index contributed by atoms with van der Waals surface area (Å²) < 4.78 is 5.51. The van der Waals surface area contributed by atoms with Crippen LogP contribution in [-0.4, -0.2) is 16.0 Å². The molecule has 0 aliphatic heterocycles. The Morgan fingerprint density at radius 2 is 2.29 bits per heavy atom. The molecule has 1 heterocycles. The van der Waals surface area contributed by atoms with E-state index in [4.69, 9.17) is 4.74 Å². The average Bonchev–Trinajstić information content (AvgIpc) is 2.92. The molecule has 1 fully saturated rings. The van der Waals surface area contributed by atoms with Crippen LogP contribution in [0.2, 0.25) is 0 Å². The van der Waals surface area contributed by atoms with Gasteiger partial charge in [-0.05, 0) is 28.8 Å². The summed E-state index contributed by atoms with van der Waals surface area (Å²) >= 11 is 0. The van der Waals surface area contributed by atoms with Gasteiger partial charge in [0.2, 0.25) is 0 Å². The summed E-state index contributed by atoms with van der Waals surface area (Å²) in [5.41, 5.74) is 0.575. The molecule has 14 heavy (non-hydrogen) atoms. The van der Waals surface area contributed by atoms with Crippen LogP contribution >= 0.6 is 0 Å². The SMILES string of the molecule is Cc1nc([N+](=O)[O-])ccc1OC1CC1. The second-order valence-corrected chi connectivity index (χ2v) is 3.33. The van der Waals surface area contributed by atoms with Gasteiger partial charge in [0.05, 0.1) is 6.10 Å². The van der Waals surface area contributed by atoms with Crippen LogP contribution in [0.15, 0.2) is 12.1 Å². The Morgan fingerprint density at radius 3 is 2.79 bits per heavy atom. The van der Waals surface area contributed by atoms with E-state index in [1.54, 1.807) is 13.0 Å². The summed E-state index contributed by atoms with van der Waals surface area (Å²) in [4.78, 5) is 13.7. The minimum Gasteiger partial charge on any atom is -0.486 e. The van der Waals surface area contributed by atoms with Gasteiger partial charge in [-0.15, -0.1) is 0 Å². The van der Waals surface area contributed by atoms with Gasteiger partial charge in [0, 0.05) is 13.0 Å². The van der Waals surface area contributed by atoms with Crippen LogP contribution in [0.4, 0.5) is 5.82 Å². The Labute approximate surface area is 80.9 Å². The first-order chi connectivity index (χ1) is 6.66. The van der Waals surface area contributed by atoms with E-state index in [9.17, 15) is 10.1 Å². The van der Waals surface area contributed by atoms with Gasteiger partial charge in [0.25, 0.3) is 0 Å². The predicted octanol–water partition coefficient (Wildman–Crippen LogP) is 1.84. The van der Waals surface area contributed by atoms with Crippen molar-refractivity contribution >= 4 is 5.82 Å². The number of nitrogens with zero attached hydrogens (tertiary/aromatic N) is 2. The number of aryl methyl sites for hydroxylation is 1. The molecule has 5 nitrogen and oxygen atoms in total. The van der Waals surface area contributed by atoms with E-state index in [0.29, 0.717) is 11.4 Å². The quantitative estimate of drug-likeness (QED) is 0.544. The number of pyridine rings is 1. The maximum absolute atomic E-state index is 10.4. The van der Waals surface area contributed by atoms with E-state index in [2.05, 4.69) is 4.98 Å². The normalized spacial score (nSPS) is 15.2. The number of ether oxygens (including phenoxy) is 1. The van der Waals surface area contributed by atoms with E-state index in [0.717, 1.165) is 12.8 Å². The highest BCUT2D eigenvalue weighted by Crippen LogP contribution is 2.28. The van der Waals surface area contributed by atoms with Crippen molar-refractivity contribution in [3.05, 3.63) is 27.9 Å². The first kappa shape index (κ1) is 8.93. The molecule has 0 aromatic carbocycles.